The molecule has 0 radical (unpaired) electrons. The van der Waals surface area contributed by atoms with E-state index in [2.05, 4.69) is 5.32 Å². The number of nitrogens with zero attached hydrogens (tertiary/aromatic N) is 2. The lowest BCUT2D eigenvalue weighted by Gasteiger charge is -2.33. The molecule has 0 fully saturated rings. The molecule has 8 nitrogen and oxygen atoms in total. The lowest BCUT2D eigenvalue weighted by molar-refractivity contribution is -0.140. The third-order valence-electron chi connectivity index (χ3n) is 5.80. The van der Waals surface area contributed by atoms with Crippen molar-refractivity contribution in [3.8, 4) is 0 Å². The molecule has 190 valence electrons. The highest BCUT2D eigenvalue weighted by Gasteiger charge is 2.32. The van der Waals surface area contributed by atoms with Crippen LogP contribution in [0.1, 0.15) is 56.5 Å². The largest absolute Gasteiger partial charge is 0.352 e. The third-order valence-corrected chi connectivity index (χ3v) is 6.94. The van der Waals surface area contributed by atoms with Crippen molar-refractivity contribution in [1.82, 2.24) is 10.2 Å². The molecule has 2 amide bonds. The molecule has 0 aliphatic rings. The van der Waals surface area contributed by atoms with Crippen LogP contribution in [0.4, 0.5) is 5.69 Å². The maximum atomic E-state index is 13.6. The Balaban J connectivity index is 2.45. The number of hydrogen-bond donors (Lipinski definition) is 1. The number of sulfonamides is 1. The molecular weight excluding hydrogens is 466 g/mol. The number of carbonyl (C=O) groups excluding carboxylic acids is 3. The van der Waals surface area contributed by atoms with Crippen LogP contribution < -0.4 is 9.62 Å². The predicted octanol–water partition coefficient (Wildman–Crippen LogP) is 3.38. The van der Waals surface area contributed by atoms with Crippen LogP contribution in [0.5, 0.6) is 0 Å². The van der Waals surface area contributed by atoms with Crippen LogP contribution >= 0.6 is 0 Å². The third kappa shape index (κ3) is 7.92. The highest BCUT2D eigenvalue weighted by molar-refractivity contribution is 7.92. The standard InChI is InChI=1S/C26H35N3O5S/c1-6-19(3)27-26(32)24(7-2)28(17-21-12-9-8-10-13-21)25(31)18-29(35(5,33)34)23-15-11-14-22(16-23)20(4)30/h8-16,19,24H,6-7,17-18H2,1-5H3,(H,27,32)/t19-,24-/m1/s1. The van der Waals surface area contributed by atoms with Crippen molar-refractivity contribution >= 4 is 33.3 Å². The van der Waals surface area contributed by atoms with Gasteiger partial charge in [0, 0.05) is 18.2 Å². The molecule has 2 aromatic carbocycles. The number of Topliss-reactive ketones (excluding diaryl/α,β-unsaturated/α-hetero) is 1. The second-order valence-electron chi connectivity index (χ2n) is 8.63. The summed E-state index contributed by atoms with van der Waals surface area (Å²) in [5, 5.41) is 2.93. The number of amides is 2. The minimum Gasteiger partial charge on any atom is -0.352 e. The first-order chi connectivity index (χ1) is 16.5. The zero-order valence-electron chi connectivity index (χ0n) is 21.0. The first-order valence-corrected chi connectivity index (χ1v) is 13.5. The summed E-state index contributed by atoms with van der Waals surface area (Å²) in [5.74, 6) is -1.01. The molecule has 0 saturated heterocycles. The van der Waals surface area contributed by atoms with Gasteiger partial charge in [-0.05, 0) is 44.4 Å². The Morgan fingerprint density at radius 1 is 0.971 bits per heavy atom. The molecule has 0 aliphatic heterocycles. The molecule has 35 heavy (non-hydrogen) atoms. The van der Waals surface area contributed by atoms with E-state index in [1.807, 2.05) is 51.1 Å². The summed E-state index contributed by atoms with van der Waals surface area (Å²) in [6, 6.07) is 14.6. The average Bonchev–Trinajstić information content (AvgIpc) is 2.82. The van der Waals surface area contributed by atoms with Crippen molar-refractivity contribution in [2.45, 2.75) is 59.2 Å². The number of carbonyl (C=O) groups is 3. The van der Waals surface area contributed by atoms with E-state index in [1.54, 1.807) is 12.1 Å². The van der Waals surface area contributed by atoms with Gasteiger partial charge >= 0.3 is 0 Å². The van der Waals surface area contributed by atoms with Gasteiger partial charge in [0.15, 0.2) is 5.78 Å². The van der Waals surface area contributed by atoms with E-state index in [4.69, 9.17) is 0 Å². The molecule has 0 saturated carbocycles. The highest BCUT2D eigenvalue weighted by Crippen LogP contribution is 2.21. The van der Waals surface area contributed by atoms with E-state index in [9.17, 15) is 22.8 Å². The Hall–Kier alpha value is -3.20. The molecule has 1 N–H and O–H groups in total. The maximum Gasteiger partial charge on any atom is 0.244 e. The minimum absolute atomic E-state index is 0.0629. The Bertz CT molecular complexity index is 1130. The van der Waals surface area contributed by atoms with E-state index in [1.165, 1.54) is 24.0 Å². The zero-order valence-corrected chi connectivity index (χ0v) is 21.8. The Labute approximate surface area is 208 Å². The first-order valence-electron chi connectivity index (χ1n) is 11.7. The minimum atomic E-state index is -3.86. The lowest BCUT2D eigenvalue weighted by Crippen LogP contribution is -2.53. The van der Waals surface area contributed by atoms with Crippen molar-refractivity contribution in [3.05, 3.63) is 65.7 Å². The average molecular weight is 502 g/mol. The topological polar surface area (TPSA) is 104 Å². The summed E-state index contributed by atoms with van der Waals surface area (Å²) < 4.78 is 26.3. The molecule has 0 heterocycles. The van der Waals surface area contributed by atoms with Crippen LogP contribution in [0.15, 0.2) is 54.6 Å². The van der Waals surface area contributed by atoms with Crippen molar-refractivity contribution in [2.24, 2.45) is 0 Å². The van der Waals surface area contributed by atoms with Gasteiger partial charge in [-0.3, -0.25) is 18.7 Å². The molecule has 0 unspecified atom stereocenters. The molecule has 0 aromatic heterocycles. The van der Waals surface area contributed by atoms with Gasteiger partial charge in [-0.1, -0.05) is 56.3 Å². The molecule has 9 heteroatoms. The van der Waals surface area contributed by atoms with Crippen molar-refractivity contribution in [3.63, 3.8) is 0 Å². The lowest BCUT2D eigenvalue weighted by atomic mass is 10.1. The quantitative estimate of drug-likeness (QED) is 0.449. The molecule has 0 bridgehead atoms. The van der Waals surface area contributed by atoms with Crippen LogP contribution in [0.25, 0.3) is 0 Å². The second kappa shape index (κ2) is 12.5. The maximum absolute atomic E-state index is 13.6. The summed E-state index contributed by atoms with van der Waals surface area (Å²) in [5.41, 5.74) is 1.37. The van der Waals surface area contributed by atoms with E-state index >= 15 is 0 Å². The predicted molar refractivity (Wildman–Crippen MR) is 138 cm³/mol. The summed E-state index contributed by atoms with van der Waals surface area (Å²) >= 11 is 0. The monoisotopic (exact) mass is 501 g/mol. The number of ketones is 1. The van der Waals surface area contributed by atoms with Gasteiger partial charge in [0.05, 0.1) is 11.9 Å². The van der Waals surface area contributed by atoms with Crippen molar-refractivity contribution < 1.29 is 22.8 Å². The number of benzene rings is 2. The van der Waals surface area contributed by atoms with Gasteiger partial charge in [0.25, 0.3) is 0 Å². The summed E-state index contributed by atoms with van der Waals surface area (Å²) in [6.07, 6.45) is 2.11. The number of rotatable bonds is 12. The normalized spacial score (nSPS) is 12.9. The smallest absolute Gasteiger partial charge is 0.244 e. The number of nitrogens with one attached hydrogen (secondary N) is 1. The zero-order chi connectivity index (χ0) is 26.2. The summed E-state index contributed by atoms with van der Waals surface area (Å²) in [4.78, 5) is 40.0. The van der Waals surface area contributed by atoms with Crippen LogP contribution in [0.2, 0.25) is 0 Å². The fourth-order valence-corrected chi connectivity index (χ4v) is 4.48. The number of hydrogen-bond acceptors (Lipinski definition) is 5. The van der Waals surface area contributed by atoms with Crippen LogP contribution in [0, 0.1) is 0 Å². The van der Waals surface area contributed by atoms with E-state index in [-0.39, 0.29) is 30.0 Å². The highest BCUT2D eigenvalue weighted by atomic mass is 32.2. The van der Waals surface area contributed by atoms with Crippen LogP contribution in [0.3, 0.4) is 0 Å². The van der Waals surface area contributed by atoms with Gasteiger partial charge in [-0.2, -0.15) is 0 Å². The van der Waals surface area contributed by atoms with Crippen molar-refractivity contribution in [2.75, 3.05) is 17.1 Å². The molecule has 0 aliphatic carbocycles. The summed E-state index contributed by atoms with van der Waals surface area (Å²) in [6.45, 7) is 6.70. The Morgan fingerprint density at radius 2 is 1.63 bits per heavy atom. The molecule has 2 aromatic rings. The molecular formula is C26H35N3O5S. The van der Waals surface area contributed by atoms with E-state index in [0.29, 0.717) is 12.0 Å². The van der Waals surface area contributed by atoms with E-state index < -0.39 is 28.5 Å². The van der Waals surface area contributed by atoms with Crippen molar-refractivity contribution in [1.29, 1.82) is 0 Å². The van der Waals surface area contributed by atoms with Gasteiger partial charge in [-0.25, -0.2) is 8.42 Å². The molecule has 2 rings (SSSR count). The van der Waals surface area contributed by atoms with E-state index in [0.717, 1.165) is 22.5 Å². The van der Waals surface area contributed by atoms with Crippen LogP contribution in [-0.4, -0.2) is 55.8 Å². The fourth-order valence-electron chi connectivity index (χ4n) is 3.63. The number of anilines is 1. The van der Waals surface area contributed by atoms with Gasteiger partial charge in [0.2, 0.25) is 21.8 Å². The SMILES string of the molecule is CC[C@@H](C)NC(=O)[C@@H](CC)N(Cc1ccccc1)C(=O)CN(c1cccc(C(C)=O)c1)S(C)(=O)=O. The first kappa shape index (κ1) is 28.0. The second-order valence-corrected chi connectivity index (χ2v) is 10.5. The fraction of sp³-hybridized carbons (Fsp3) is 0.423. The molecule has 2 atom stereocenters. The van der Waals surface area contributed by atoms with Gasteiger partial charge in [-0.15, -0.1) is 0 Å². The Kier molecular flexibility index (Phi) is 10.0. The van der Waals surface area contributed by atoms with Gasteiger partial charge in [0.1, 0.15) is 12.6 Å². The summed E-state index contributed by atoms with van der Waals surface area (Å²) in [7, 11) is -3.86. The van der Waals surface area contributed by atoms with Gasteiger partial charge < -0.3 is 10.2 Å². The van der Waals surface area contributed by atoms with Crippen LogP contribution in [-0.2, 0) is 26.2 Å². The molecule has 0 spiro atoms. The Morgan fingerprint density at radius 3 is 2.17 bits per heavy atom.